The zero-order valence-corrected chi connectivity index (χ0v) is 25.6. The molecule has 0 spiro atoms. The predicted molar refractivity (Wildman–Crippen MR) is 194 cm³/mol. The van der Waals surface area contributed by atoms with Crippen LogP contribution < -0.4 is 4.90 Å². The molecule has 3 aromatic heterocycles. The lowest BCUT2D eigenvalue weighted by atomic mass is 10.0. The van der Waals surface area contributed by atoms with Gasteiger partial charge in [-0.2, -0.15) is 0 Å². The number of nitrogens with zero attached hydrogens (tertiary/aromatic N) is 2. The monoisotopic (exact) mass is 618 g/mol. The van der Waals surface area contributed by atoms with Crippen molar-refractivity contribution in [2.24, 2.45) is 0 Å². The summed E-state index contributed by atoms with van der Waals surface area (Å²) in [5.41, 5.74) is 11.2. The quantitative estimate of drug-likeness (QED) is 0.192. The molecule has 48 heavy (non-hydrogen) atoms. The summed E-state index contributed by atoms with van der Waals surface area (Å²) in [6, 6.07) is 53.9. The van der Waals surface area contributed by atoms with Gasteiger partial charge in [0.15, 0.2) is 5.58 Å². The Bertz CT molecular complexity index is 2770. The second kappa shape index (κ2) is 10.5. The van der Waals surface area contributed by atoms with Gasteiger partial charge in [0.1, 0.15) is 27.8 Å². The summed E-state index contributed by atoms with van der Waals surface area (Å²) in [6.07, 6.45) is 0. The summed E-state index contributed by atoms with van der Waals surface area (Å²) in [6.45, 7) is 0. The Kier molecular flexibility index (Phi) is 5.81. The molecule has 0 atom stereocenters. The first-order valence-corrected chi connectivity index (χ1v) is 15.9. The zero-order valence-electron chi connectivity index (χ0n) is 25.6. The van der Waals surface area contributed by atoms with Crippen molar-refractivity contribution in [1.82, 2.24) is 4.98 Å². The summed E-state index contributed by atoms with van der Waals surface area (Å²) in [7, 11) is 0. The van der Waals surface area contributed by atoms with Crippen LogP contribution in [0.25, 0.3) is 77.6 Å². The second-order valence-electron chi connectivity index (χ2n) is 12.0. The van der Waals surface area contributed by atoms with Crippen LogP contribution in [0.5, 0.6) is 0 Å². The summed E-state index contributed by atoms with van der Waals surface area (Å²) in [4.78, 5) is 7.14. The van der Waals surface area contributed by atoms with E-state index in [9.17, 15) is 0 Å². The molecule has 0 aliphatic rings. The fourth-order valence-corrected chi connectivity index (χ4v) is 6.82. The lowest BCUT2D eigenvalue weighted by Gasteiger charge is -2.25. The molecule has 0 saturated carbocycles. The second-order valence-corrected chi connectivity index (χ2v) is 12.0. The van der Waals surface area contributed by atoms with Crippen LogP contribution >= 0.6 is 0 Å². The van der Waals surface area contributed by atoms with Gasteiger partial charge >= 0.3 is 0 Å². The molecule has 3 heterocycles. The number of fused-ring (bicyclic) bond motifs is 8. The fourth-order valence-electron chi connectivity index (χ4n) is 6.82. The van der Waals surface area contributed by atoms with Crippen LogP contribution in [0, 0.1) is 0 Å². The van der Waals surface area contributed by atoms with E-state index in [0.717, 1.165) is 88.7 Å². The molecule has 0 unspecified atom stereocenters. The van der Waals surface area contributed by atoms with E-state index < -0.39 is 0 Å². The predicted octanol–water partition coefficient (Wildman–Crippen LogP) is 12.4. The number of rotatable bonds is 5. The Morgan fingerprint density at radius 3 is 1.85 bits per heavy atom. The maximum absolute atomic E-state index is 6.37. The number of aromatic nitrogens is 1. The van der Waals surface area contributed by atoms with Crippen LogP contribution in [0.3, 0.4) is 0 Å². The minimum Gasteiger partial charge on any atom is -0.456 e. The number of hydrogen-bond donors (Lipinski definition) is 0. The largest absolute Gasteiger partial charge is 0.456 e. The smallest absolute Gasteiger partial charge is 0.227 e. The number of hydrogen-bond acceptors (Lipinski definition) is 5. The van der Waals surface area contributed by atoms with Crippen LogP contribution in [0.1, 0.15) is 0 Å². The molecule has 0 radical (unpaired) electrons. The van der Waals surface area contributed by atoms with Gasteiger partial charge in [-0.3, -0.25) is 0 Å². The molecular formula is C43H26N2O3. The van der Waals surface area contributed by atoms with Crippen molar-refractivity contribution in [1.29, 1.82) is 0 Å². The average Bonchev–Trinajstić information content (AvgIpc) is 3.85. The third-order valence-electron chi connectivity index (χ3n) is 9.11. The molecular weight excluding hydrogens is 592 g/mol. The van der Waals surface area contributed by atoms with Gasteiger partial charge in [-0.1, -0.05) is 72.8 Å². The van der Waals surface area contributed by atoms with E-state index in [1.165, 1.54) is 0 Å². The maximum Gasteiger partial charge on any atom is 0.227 e. The van der Waals surface area contributed by atoms with Crippen LogP contribution in [-0.4, -0.2) is 4.98 Å². The van der Waals surface area contributed by atoms with E-state index in [1.54, 1.807) is 0 Å². The molecule has 5 nitrogen and oxygen atoms in total. The van der Waals surface area contributed by atoms with Crippen molar-refractivity contribution in [3.8, 4) is 22.6 Å². The van der Waals surface area contributed by atoms with Crippen molar-refractivity contribution < 1.29 is 13.3 Å². The highest BCUT2D eigenvalue weighted by atomic mass is 16.4. The summed E-state index contributed by atoms with van der Waals surface area (Å²) < 4.78 is 18.8. The van der Waals surface area contributed by atoms with Crippen molar-refractivity contribution >= 4 is 72.0 Å². The number of benzene rings is 7. The van der Waals surface area contributed by atoms with Gasteiger partial charge in [-0.25, -0.2) is 4.98 Å². The molecule has 226 valence electrons. The summed E-state index contributed by atoms with van der Waals surface area (Å²) in [5.74, 6) is 0.603. The Labute approximate surface area is 274 Å². The lowest BCUT2D eigenvalue weighted by molar-refractivity contribution is 0.619. The van der Waals surface area contributed by atoms with Gasteiger partial charge in [-0.05, 0) is 90.0 Å². The topological polar surface area (TPSA) is 55.6 Å². The molecule has 0 saturated heterocycles. The van der Waals surface area contributed by atoms with Gasteiger partial charge in [0.2, 0.25) is 5.89 Å². The van der Waals surface area contributed by atoms with Gasteiger partial charge < -0.3 is 18.2 Å². The third kappa shape index (κ3) is 4.22. The van der Waals surface area contributed by atoms with Crippen LogP contribution in [0.2, 0.25) is 0 Å². The minimum absolute atomic E-state index is 0.603. The van der Waals surface area contributed by atoms with Crippen LogP contribution in [-0.2, 0) is 0 Å². The molecule has 0 N–H and O–H groups in total. The van der Waals surface area contributed by atoms with E-state index in [2.05, 4.69) is 95.9 Å². The molecule has 0 aliphatic heterocycles. The highest BCUT2D eigenvalue weighted by molar-refractivity contribution is 6.17. The number of oxazole rings is 1. The van der Waals surface area contributed by atoms with Crippen molar-refractivity contribution in [2.45, 2.75) is 0 Å². The molecule has 7 aromatic carbocycles. The first-order chi connectivity index (χ1) is 23.8. The minimum atomic E-state index is 0.603. The summed E-state index contributed by atoms with van der Waals surface area (Å²) >= 11 is 0. The number of furan rings is 2. The van der Waals surface area contributed by atoms with E-state index in [4.69, 9.17) is 18.2 Å². The maximum atomic E-state index is 6.37. The van der Waals surface area contributed by atoms with Gasteiger partial charge in [0.25, 0.3) is 0 Å². The van der Waals surface area contributed by atoms with E-state index in [-0.39, 0.29) is 0 Å². The molecule has 0 fully saturated rings. The van der Waals surface area contributed by atoms with Crippen molar-refractivity contribution in [2.75, 3.05) is 4.90 Å². The molecule has 10 rings (SSSR count). The Balaban J connectivity index is 1.03. The molecule has 5 heteroatoms. The lowest BCUT2D eigenvalue weighted by Crippen LogP contribution is -2.09. The highest BCUT2D eigenvalue weighted by Crippen LogP contribution is 2.41. The Hall–Kier alpha value is -6.59. The SMILES string of the molecule is c1ccc(-c2nc3c(ccc4oc5cc(-c6ccc(N(c7ccccc7)c7ccc8c(c7)oc7ccccc78)cc6)ccc5c43)o2)cc1. The van der Waals surface area contributed by atoms with Gasteiger partial charge in [0, 0.05) is 44.9 Å². The summed E-state index contributed by atoms with van der Waals surface area (Å²) in [5, 5.41) is 4.22. The van der Waals surface area contributed by atoms with Crippen molar-refractivity contribution in [3.63, 3.8) is 0 Å². The first-order valence-electron chi connectivity index (χ1n) is 15.9. The standard InChI is InChI=1S/C43H26N2O3/c1-3-9-28(10-4-1)43-44-42-38(48-43)24-23-37-41(42)35-21-17-29(25-39(35)47-37)27-15-18-31(19-16-27)45(30-11-5-2-6-12-30)32-20-22-34-33-13-7-8-14-36(33)46-40(34)26-32/h1-26H. The first kappa shape index (κ1) is 26.6. The molecule has 0 bridgehead atoms. The number of anilines is 3. The third-order valence-corrected chi connectivity index (χ3v) is 9.11. The number of para-hydroxylation sites is 2. The van der Waals surface area contributed by atoms with E-state index in [0.29, 0.717) is 5.89 Å². The molecule has 0 amide bonds. The van der Waals surface area contributed by atoms with E-state index in [1.807, 2.05) is 66.7 Å². The van der Waals surface area contributed by atoms with Crippen LogP contribution in [0.4, 0.5) is 17.1 Å². The average molecular weight is 619 g/mol. The molecule has 10 aromatic rings. The zero-order chi connectivity index (χ0) is 31.6. The fraction of sp³-hybridized carbons (Fsp3) is 0. The van der Waals surface area contributed by atoms with Crippen molar-refractivity contribution in [3.05, 3.63) is 158 Å². The molecule has 0 aliphatic carbocycles. The normalized spacial score (nSPS) is 11.8. The van der Waals surface area contributed by atoms with E-state index >= 15 is 0 Å². The Morgan fingerprint density at radius 1 is 0.375 bits per heavy atom. The van der Waals surface area contributed by atoms with Gasteiger partial charge in [-0.15, -0.1) is 0 Å². The Morgan fingerprint density at radius 2 is 1.00 bits per heavy atom. The van der Waals surface area contributed by atoms with Gasteiger partial charge in [0.05, 0.1) is 5.39 Å². The van der Waals surface area contributed by atoms with Crippen LogP contribution in [0.15, 0.2) is 171 Å². The highest BCUT2D eigenvalue weighted by Gasteiger charge is 2.18.